The van der Waals surface area contributed by atoms with Crippen molar-refractivity contribution in [1.82, 2.24) is 4.98 Å². The highest BCUT2D eigenvalue weighted by Crippen LogP contribution is 2.21. The fraction of sp³-hybridized carbons (Fsp3) is 0.231. The molecule has 0 aliphatic heterocycles. The molecule has 18 heavy (non-hydrogen) atoms. The van der Waals surface area contributed by atoms with Gasteiger partial charge in [0.2, 0.25) is 5.91 Å². The molecule has 0 bridgehead atoms. The average Bonchev–Trinajstić information content (AvgIpc) is 2.61. The lowest BCUT2D eigenvalue weighted by Crippen LogP contribution is -2.14. The number of carbonyl (C=O) groups is 1. The van der Waals surface area contributed by atoms with Crippen LogP contribution in [-0.2, 0) is 11.2 Å². The average molecular weight is 262 g/mol. The van der Waals surface area contributed by atoms with Gasteiger partial charge >= 0.3 is 0 Å². The summed E-state index contributed by atoms with van der Waals surface area (Å²) in [6.07, 6.45) is 0.276. The second kappa shape index (κ2) is 5.18. The predicted octanol–water partition coefficient (Wildman–Crippen LogP) is 2.65. The maximum Gasteiger partial charge on any atom is 0.230 e. The van der Waals surface area contributed by atoms with E-state index in [1.807, 2.05) is 13.8 Å². The van der Waals surface area contributed by atoms with Crippen molar-refractivity contribution < 1.29 is 9.90 Å². The number of thiazole rings is 1. The first kappa shape index (κ1) is 12.6. The van der Waals surface area contributed by atoms with Gasteiger partial charge in [0.25, 0.3) is 0 Å². The summed E-state index contributed by atoms with van der Waals surface area (Å²) >= 11 is 1.47. The van der Waals surface area contributed by atoms with Gasteiger partial charge < -0.3 is 10.4 Å². The minimum Gasteiger partial charge on any atom is -0.508 e. The van der Waals surface area contributed by atoms with Gasteiger partial charge in [-0.3, -0.25) is 4.79 Å². The lowest BCUT2D eigenvalue weighted by molar-refractivity contribution is -0.115. The van der Waals surface area contributed by atoms with E-state index in [9.17, 15) is 4.79 Å². The summed E-state index contributed by atoms with van der Waals surface area (Å²) in [5.41, 5.74) is 1.80. The van der Waals surface area contributed by atoms with Crippen LogP contribution in [0.15, 0.2) is 24.3 Å². The molecule has 0 atom stereocenters. The molecular weight excluding hydrogens is 248 g/mol. The Bertz CT molecular complexity index is 541. The van der Waals surface area contributed by atoms with E-state index in [2.05, 4.69) is 10.3 Å². The number of rotatable bonds is 3. The third-order valence-corrected chi connectivity index (χ3v) is 3.56. The van der Waals surface area contributed by atoms with Crippen LogP contribution in [0, 0.1) is 13.8 Å². The van der Waals surface area contributed by atoms with Gasteiger partial charge in [0.05, 0.1) is 12.1 Å². The second-order valence-corrected chi connectivity index (χ2v) is 5.26. The first-order valence-electron chi connectivity index (χ1n) is 5.56. The van der Waals surface area contributed by atoms with E-state index >= 15 is 0 Å². The molecule has 0 aliphatic rings. The van der Waals surface area contributed by atoms with Crippen molar-refractivity contribution in [3.05, 3.63) is 40.4 Å². The number of hydrogen-bond acceptors (Lipinski definition) is 4. The monoisotopic (exact) mass is 262 g/mol. The first-order chi connectivity index (χ1) is 8.54. The number of aromatic nitrogens is 1. The number of hydrogen-bond donors (Lipinski definition) is 2. The van der Waals surface area contributed by atoms with E-state index in [1.165, 1.54) is 11.3 Å². The summed E-state index contributed by atoms with van der Waals surface area (Å²) in [5, 5.41) is 12.6. The lowest BCUT2D eigenvalue weighted by Gasteiger charge is -2.02. The molecular formula is C13H14N2O2S. The number of benzene rings is 1. The van der Waals surface area contributed by atoms with E-state index in [4.69, 9.17) is 5.11 Å². The summed E-state index contributed by atoms with van der Waals surface area (Å²) in [7, 11) is 0. The van der Waals surface area contributed by atoms with E-state index < -0.39 is 0 Å². The summed E-state index contributed by atoms with van der Waals surface area (Å²) in [6.45, 7) is 3.89. The highest BCUT2D eigenvalue weighted by Gasteiger charge is 2.08. The Balaban J connectivity index is 1.98. The number of amides is 1. The van der Waals surface area contributed by atoms with Gasteiger partial charge in [-0.2, -0.15) is 0 Å². The Morgan fingerprint density at radius 2 is 2.00 bits per heavy atom. The predicted molar refractivity (Wildman–Crippen MR) is 72.0 cm³/mol. The Kier molecular flexibility index (Phi) is 3.62. The van der Waals surface area contributed by atoms with Crippen LogP contribution >= 0.6 is 11.3 Å². The first-order valence-corrected chi connectivity index (χ1v) is 6.38. The van der Waals surface area contributed by atoms with Gasteiger partial charge in [-0.15, -0.1) is 11.3 Å². The van der Waals surface area contributed by atoms with Crippen LogP contribution in [0.4, 0.5) is 5.13 Å². The molecule has 0 spiro atoms. The zero-order valence-corrected chi connectivity index (χ0v) is 11.0. The fourth-order valence-corrected chi connectivity index (χ4v) is 2.32. The van der Waals surface area contributed by atoms with E-state index in [0.717, 1.165) is 16.1 Å². The molecule has 0 fully saturated rings. The largest absolute Gasteiger partial charge is 0.508 e. The summed E-state index contributed by atoms with van der Waals surface area (Å²) in [6, 6.07) is 6.60. The minimum atomic E-state index is -0.102. The summed E-state index contributed by atoms with van der Waals surface area (Å²) in [4.78, 5) is 17.1. The van der Waals surface area contributed by atoms with Gasteiger partial charge in [0.1, 0.15) is 5.75 Å². The maximum atomic E-state index is 11.8. The van der Waals surface area contributed by atoms with Crippen LogP contribution in [0.5, 0.6) is 5.75 Å². The Morgan fingerprint density at radius 1 is 1.33 bits per heavy atom. The van der Waals surface area contributed by atoms with Crippen LogP contribution in [-0.4, -0.2) is 16.0 Å². The van der Waals surface area contributed by atoms with Crippen molar-refractivity contribution in [1.29, 1.82) is 0 Å². The van der Waals surface area contributed by atoms with Crippen molar-refractivity contribution in [3.63, 3.8) is 0 Å². The van der Waals surface area contributed by atoms with Crippen molar-refractivity contribution >= 4 is 22.4 Å². The molecule has 0 aliphatic carbocycles. The normalized spacial score (nSPS) is 10.3. The van der Waals surface area contributed by atoms with Crippen molar-refractivity contribution in [3.8, 4) is 5.75 Å². The molecule has 1 aromatic heterocycles. The molecule has 0 radical (unpaired) electrons. The molecule has 1 heterocycles. The third-order valence-electron chi connectivity index (χ3n) is 2.58. The number of aryl methyl sites for hydroxylation is 2. The van der Waals surface area contributed by atoms with Crippen molar-refractivity contribution in [2.75, 3.05) is 5.32 Å². The number of nitrogens with zero attached hydrogens (tertiary/aromatic N) is 1. The molecule has 0 unspecified atom stereocenters. The van der Waals surface area contributed by atoms with Gasteiger partial charge in [-0.05, 0) is 31.5 Å². The van der Waals surface area contributed by atoms with Crippen LogP contribution in [0.25, 0.3) is 0 Å². The van der Waals surface area contributed by atoms with Gasteiger partial charge in [0.15, 0.2) is 5.13 Å². The fourth-order valence-electron chi connectivity index (χ4n) is 1.49. The molecule has 1 aromatic carbocycles. The number of carbonyl (C=O) groups excluding carboxylic acids is 1. The van der Waals surface area contributed by atoms with Crippen molar-refractivity contribution in [2.45, 2.75) is 20.3 Å². The highest BCUT2D eigenvalue weighted by molar-refractivity contribution is 7.15. The molecule has 94 valence electrons. The number of phenolic OH excluding ortho intramolecular Hbond substituents is 1. The Morgan fingerprint density at radius 3 is 2.56 bits per heavy atom. The number of anilines is 1. The zero-order chi connectivity index (χ0) is 13.1. The topological polar surface area (TPSA) is 62.2 Å². The smallest absolute Gasteiger partial charge is 0.230 e. The van der Waals surface area contributed by atoms with E-state index in [-0.39, 0.29) is 18.1 Å². The zero-order valence-electron chi connectivity index (χ0n) is 10.2. The number of aromatic hydroxyl groups is 1. The van der Waals surface area contributed by atoms with Crippen LogP contribution in [0.3, 0.4) is 0 Å². The highest BCUT2D eigenvalue weighted by atomic mass is 32.1. The molecule has 5 heteroatoms. The molecule has 4 nitrogen and oxygen atoms in total. The summed E-state index contributed by atoms with van der Waals surface area (Å²) < 4.78 is 0. The van der Waals surface area contributed by atoms with E-state index in [1.54, 1.807) is 24.3 Å². The van der Waals surface area contributed by atoms with Gasteiger partial charge in [0, 0.05) is 4.88 Å². The molecule has 0 saturated carbocycles. The maximum absolute atomic E-state index is 11.8. The SMILES string of the molecule is Cc1nc(NC(=O)Cc2ccc(O)cc2)sc1C. The summed E-state index contributed by atoms with van der Waals surface area (Å²) in [5.74, 6) is 0.0970. The quantitative estimate of drug-likeness (QED) is 0.894. The van der Waals surface area contributed by atoms with Gasteiger partial charge in [-0.25, -0.2) is 4.98 Å². The van der Waals surface area contributed by atoms with Crippen LogP contribution < -0.4 is 5.32 Å². The Hall–Kier alpha value is -1.88. The second-order valence-electron chi connectivity index (χ2n) is 4.05. The standard InChI is InChI=1S/C13H14N2O2S/c1-8-9(2)18-13(14-8)15-12(17)7-10-3-5-11(16)6-4-10/h3-6,16H,7H2,1-2H3,(H,14,15,17). The van der Waals surface area contributed by atoms with E-state index in [0.29, 0.717) is 5.13 Å². The molecule has 0 saturated heterocycles. The third kappa shape index (κ3) is 3.07. The molecule has 2 aromatic rings. The number of phenols is 1. The number of nitrogens with one attached hydrogen (secondary N) is 1. The molecule has 2 N–H and O–H groups in total. The van der Waals surface area contributed by atoms with Crippen LogP contribution in [0.2, 0.25) is 0 Å². The van der Waals surface area contributed by atoms with Gasteiger partial charge in [-0.1, -0.05) is 12.1 Å². The van der Waals surface area contributed by atoms with Crippen molar-refractivity contribution in [2.24, 2.45) is 0 Å². The lowest BCUT2D eigenvalue weighted by atomic mass is 10.1. The van der Waals surface area contributed by atoms with Crippen LogP contribution in [0.1, 0.15) is 16.1 Å². The molecule has 1 amide bonds. The Labute approximate surface area is 109 Å². The minimum absolute atomic E-state index is 0.102. The molecule has 2 rings (SSSR count).